The number of benzene rings is 1. The molecule has 100 valence electrons. The Morgan fingerprint density at radius 3 is 3.00 bits per heavy atom. The van der Waals surface area contributed by atoms with Gasteiger partial charge in [-0.25, -0.2) is 4.68 Å². The van der Waals surface area contributed by atoms with Crippen molar-refractivity contribution in [3.05, 3.63) is 30.6 Å². The Morgan fingerprint density at radius 2 is 2.26 bits per heavy atom. The fraction of sp³-hybridized carbons (Fsp3) is 0.333. The van der Waals surface area contributed by atoms with Crippen molar-refractivity contribution in [3.63, 3.8) is 0 Å². The molecule has 1 aromatic heterocycles. The lowest BCUT2D eigenvalue weighted by Crippen LogP contribution is -2.11. The molecule has 6 nitrogen and oxygen atoms in total. The topological polar surface area (TPSA) is 72.7 Å². The van der Waals surface area contributed by atoms with Gasteiger partial charge in [0.2, 0.25) is 5.91 Å². The molecule has 19 heavy (non-hydrogen) atoms. The van der Waals surface area contributed by atoms with E-state index >= 15 is 0 Å². The first-order valence-corrected chi connectivity index (χ1v) is 7.11. The molecular weight excluding hydrogens is 310 g/mol. The molecule has 0 spiro atoms. The number of halogens is 1. The van der Waals surface area contributed by atoms with Crippen molar-refractivity contribution in [3.8, 4) is 5.69 Å². The maximum absolute atomic E-state index is 11.7. The van der Waals surface area contributed by atoms with Crippen molar-refractivity contribution >= 4 is 27.5 Å². The number of tetrazole rings is 1. The highest BCUT2D eigenvalue weighted by atomic mass is 79.9. The second kappa shape index (κ2) is 6.98. The van der Waals surface area contributed by atoms with Crippen LogP contribution >= 0.6 is 15.9 Å². The average molecular weight is 324 g/mol. The molecule has 2 aromatic rings. The number of carbonyl (C=O) groups is 1. The summed E-state index contributed by atoms with van der Waals surface area (Å²) in [4.78, 5) is 11.7. The fourth-order valence-electron chi connectivity index (χ4n) is 1.61. The number of hydrogen-bond acceptors (Lipinski definition) is 4. The Hall–Kier alpha value is -1.76. The normalized spacial score (nSPS) is 10.4. The largest absolute Gasteiger partial charge is 0.326 e. The maximum Gasteiger partial charge on any atom is 0.224 e. The van der Waals surface area contributed by atoms with E-state index in [0.717, 1.165) is 29.5 Å². The van der Waals surface area contributed by atoms with Crippen molar-refractivity contribution in [2.75, 3.05) is 10.6 Å². The summed E-state index contributed by atoms with van der Waals surface area (Å²) in [5, 5.41) is 14.8. The fourth-order valence-corrected chi connectivity index (χ4v) is 2.01. The van der Waals surface area contributed by atoms with E-state index in [1.54, 1.807) is 4.68 Å². The Kier molecular flexibility index (Phi) is 5.02. The summed E-state index contributed by atoms with van der Waals surface area (Å²) in [6.07, 6.45) is 3.92. The van der Waals surface area contributed by atoms with Crippen LogP contribution < -0.4 is 5.32 Å². The summed E-state index contributed by atoms with van der Waals surface area (Å²) in [5.41, 5.74) is 1.56. The average Bonchev–Trinajstić information content (AvgIpc) is 2.93. The monoisotopic (exact) mass is 323 g/mol. The quantitative estimate of drug-likeness (QED) is 0.653. The molecule has 1 N–H and O–H groups in total. The number of alkyl halides is 1. The molecule has 0 aliphatic heterocycles. The van der Waals surface area contributed by atoms with Crippen LogP contribution in [0.1, 0.15) is 19.3 Å². The lowest BCUT2D eigenvalue weighted by atomic mass is 10.2. The van der Waals surface area contributed by atoms with Crippen LogP contribution in [0.25, 0.3) is 5.69 Å². The SMILES string of the molecule is O=C(CCCCBr)Nc1cccc(-n2cnnn2)c1. The number of nitrogens with zero attached hydrogens (tertiary/aromatic N) is 4. The molecule has 0 unspecified atom stereocenters. The Balaban J connectivity index is 1.97. The van der Waals surface area contributed by atoms with Crippen molar-refractivity contribution in [2.45, 2.75) is 19.3 Å². The second-order valence-electron chi connectivity index (χ2n) is 4.00. The van der Waals surface area contributed by atoms with Crippen molar-refractivity contribution in [2.24, 2.45) is 0 Å². The molecular formula is C12H14BrN5O. The molecule has 0 radical (unpaired) electrons. The smallest absolute Gasteiger partial charge is 0.224 e. The molecule has 2 rings (SSSR count). The van der Waals surface area contributed by atoms with Gasteiger partial charge >= 0.3 is 0 Å². The van der Waals surface area contributed by atoms with Crippen LogP contribution in [0.3, 0.4) is 0 Å². The van der Waals surface area contributed by atoms with Crippen LogP contribution in [0.2, 0.25) is 0 Å². The number of anilines is 1. The van der Waals surface area contributed by atoms with E-state index in [1.807, 2.05) is 24.3 Å². The zero-order valence-electron chi connectivity index (χ0n) is 10.3. The van der Waals surface area contributed by atoms with Gasteiger partial charge in [-0.1, -0.05) is 22.0 Å². The molecule has 0 aliphatic carbocycles. The van der Waals surface area contributed by atoms with Gasteiger partial charge in [0, 0.05) is 17.4 Å². The van der Waals surface area contributed by atoms with E-state index in [0.29, 0.717) is 6.42 Å². The molecule has 0 fully saturated rings. The highest BCUT2D eigenvalue weighted by Gasteiger charge is 2.04. The summed E-state index contributed by atoms with van der Waals surface area (Å²) in [6.45, 7) is 0. The predicted octanol–water partition coefficient (Wildman–Crippen LogP) is 2.17. The van der Waals surface area contributed by atoms with Gasteiger partial charge in [-0.15, -0.1) is 5.10 Å². The minimum atomic E-state index is 0.0230. The number of nitrogens with one attached hydrogen (secondary N) is 1. The minimum absolute atomic E-state index is 0.0230. The number of carbonyl (C=O) groups excluding carboxylic acids is 1. The van der Waals surface area contributed by atoms with Gasteiger partial charge in [-0.2, -0.15) is 0 Å². The minimum Gasteiger partial charge on any atom is -0.326 e. The van der Waals surface area contributed by atoms with Gasteiger partial charge in [0.25, 0.3) is 0 Å². The molecule has 0 aliphatic rings. The summed E-state index contributed by atoms with van der Waals surface area (Å²) in [6, 6.07) is 7.40. The molecule has 0 atom stereocenters. The molecule has 7 heteroatoms. The first-order valence-electron chi connectivity index (χ1n) is 5.99. The van der Waals surface area contributed by atoms with E-state index in [-0.39, 0.29) is 5.91 Å². The number of unbranched alkanes of at least 4 members (excludes halogenated alkanes) is 1. The van der Waals surface area contributed by atoms with Crippen molar-refractivity contribution < 1.29 is 4.79 Å². The van der Waals surface area contributed by atoms with Gasteiger partial charge in [0.1, 0.15) is 6.33 Å². The number of rotatable bonds is 6. The summed E-state index contributed by atoms with van der Waals surface area (Å²) < 4.78 is 1.54. The lowest BCUT2D eigenvalue weighted by molar-refractivity contribution is -0.116. The molecule has 1 aromatic carbocycles. The summed E-state index contributed by atoms with van der Waals surface area (Å²) in [5.74, 6) is 0.0230. The third-order valence-corrected chi connectivity index (χ3v) is 3.09. The number of hydrogen-bond donors (Lipinski definition) is 1. The van der Waals surface area contributed by atoms with Crippen LogP contribution in [0.4, 0.5) is 5.69 Å². The van der Waals surface area contributed by atoms with E-state index in [1.165, 1.54) is 6.33 Å². The van der Waals surface area contributed by atoms with Crippen LogP contribution in [-0.4, -0.2) is 31.4 Å². The number of aromatic nitrogens is 4. The Morgan fingerprint density at radius 1 is 1.37 bits per heavy atom. The second-order valence-corrected chi connectivity index (χ2v) is 4.79. The zero-order valence-corrected chi connectivity index (χ0v) is 11.9. The van der Waals surface area contributed by atoms with E-state index in [4.69, 9.17) is 0 Å². The standard InChI is InChI=1S/C12H14BrN5O/c13-7-2-1-6-12(19)15-10-4-3-5-11(8-10)18-9-14-16-17-18/h3-5,8-9H,1-2,6-7H2,(H,15,19). The zero-order chi connectivity index (χ0) is 13.5. The van der Waals surface area contributed by atoms with Gasteiger partial charge in [0.05, 0.1) is 5.69 Å². The highest BCUT2D eigenvalue weighted by molar-refractivity contribution is 9.09. The maximum atomic E-state index is 11.7. The summed E-state index contributed by atoms with van der Waals surface area (Å²) >= 11 is 3.34. The van der Waals surface area contributed by atoms with E-state index in [9.17, 15) is 4.79 Å². The predicted molar refractivity (Wildman–Crippen MR) is 75.4 cm³/mol. The van der Waals surface area contributed by atoms with Gasteiger partial charge in [0.15, 0.2) is 0 Å². The van der Waals surface area contributed by atoms with Crippen molar-refractivity contribution in [1.29, 1.82) is 0 Å². The molecule has 0 bridgehead atoms. The van der Waals surface area contributed by atoms with E-state index < -0.39 is 0 Å². The van der Waals surface area contributed by atoms with Gasteiger partial charge < -0.3 is 5.32 Å². The molecule has 0 saturated carbocycles. The molecule has 1 heterocycles. The first-order chi connectivity index (χ1) is 9.29. The Bertz CT molecular complexity index is 529. The van der Waals surface area contributed by atoms with Crippen molar-refractivity contribution in [1.82, 2.24) is 20.2 Å². The summed E-state index contributed by atoms with van der Waals surface area (Å²) in [7, 11) is 0. The third kappa shape index (κ3) is 4.13. The van der Waals surface area contributed by atoms with Gasteiger partial charge in [-0.3, -0.25) is 4.79 Å². The van der Waals surface area contributed by atoms with E-state index in [2.05, 4.69) is 36.8 Å². The van der Waals surface area contributed by atoms with Crippen LogP contribution in [0, 0.1) is 0 Å². The van der Waals surface area contributed by atoms with Crippen LogP contribution in [0.15, 0.2) is 30.6 Å². The lowest BCUT2D eigenvalue weighted by Gasteiger charge is -2.06. The van der Waals surface area contributed by atoms with Crippen LogP contribution in [-0.2, 0) is 4.79 Å². The number of amides is 1. The Labute approximate surface area is 119 Å². The highest BCUT2D eigenvalue weighted by Crippen LogP contribution is 2.14. The first kappa shape index (κ1) is 13.7. The molecule has 1 amide bonds. The molecule has 0 saturated heterocycles. The third-order valence-electron chi connectivity index (χ3n) is 2.53. The van der Waals surface area contributed by atoms with Crippen LogP contribution in [0.5, 0.6) is 0 Å². The van der Waals surface area contributed by atoms with Gasteiger partial charge in [-0.05, 0) is 41.5 Å².